The molecule has 0 unspecified atom stereocenters. The summed E-state index contributed by atoms with van der Waals surface area (Å²) >= 11 is 0. The number of hydrogen-bond acceptors (Lipinski definition) is 3. The minimum atomic E-state index is -0.893. The van der Waals surface area contributed by atoms with Gasteiger partial charge >= 0.3 is 5.97 Å². The van der Waals surface area contributed by atoms with Crippen LogP contribution in [0.25, 0.3) is 0 Å². The summed E-state index contributed by atoms with van der Waals surface area (Å²) in [5.74, 6) is -0.128. The van der Waals surface area contributed by atoms with Crippen molar-refractivity contribution in [1.29, 1.82) is 0 Å². The van der Waals surface area contributed by atoms with E-state index in [2.05, 4.69) is 11.9 Å². The molecule has 0 aliphatic heterocycles. The van der Waals surface area contributed by atoms with Gasteiger partial charge in [0, 0.05) is 18.2 Å². The van der Waals surface area contributed by atoms with Crippen LogP contribution in [0.15, 0.2) is 18.2 Å². The van der Waals surface area contributed by atoms with Gasteiger partial charge in [0.2, 0.25) is 0 Å². The lowest BCUT2D eigenvalue weighted by atomic mass is 10.0. The van der Waals surface area contributed by atoms with Crippen molar-refractivity contribution in [1.82, 2.24) is 4.90 Å². The number of ether oxygens (including phenoxy) is 1. The summed E-state index contributed by atoms with van der Waals surface area (Å²) in [6.07, 6.45) is 7.72. The Morgan fingerprint density at radius 3 is 2.52 bits per heavy atom. The third-order valence-electron chi connectivity index (χ3n) is 4.40. The fraction of sp³-hybridized carbons (Fsp3) is 0.588. The van der Waals surface area contributed by atoms with Crippen molar-refractivity contribution in [2.75, 3.05) is 14.2 Å². The first kappa shape index (κ1) is 15.8. The highest BCUT2D eigenvalue weighted by atomic mass is 16.5. The fourth-order valence-electron chi connectivity index (χ4n) is 3.13. The minimum absolute atomic E-state index is 0.320. The summed E-state index contributed by atoms with van der Waals surface area (Å²) in [6, 6.07) is 5.66. The molecule has 2 rings (SSSR count). The van der Waals surface area contributed by atoms with Gasteiger partial charge in [0.15, 0.2) is 0 Å². The Morgan fingerprint density at radius 1 is 1.29 bits per heavy atom. The summed E-state index contributed by atoms with van der Waals surface area (Å²) in [5.41, 5.74) is 1.27. The van der Waals surface area contributed by atoms with E-state index in [1.807, 2.05) is 0 Å². The highest BCUT2D eigenvalue weighted by Crippen LogP contribution is 2.26. The molecule has 116 valence electrons. The monoisotopic (exact) mass is 291 g/mol. The standard InChI is InChI=1S/C17H25NO3/c1-18(15-7-5-3-4-6-8-15)12-14-11-13(17(19)20)9-10-16(14)21-2/h9-11,15H,3-8,12H2,1-2H3,(H,19,20). The number of carbonyl (C=O) groups is 1. The summed E-state index contributed by atoms with van der Waals surface area (Å²) in [4.78, 5) is 13.5. The molecule has 0 spiro atoms. The predicted octanol–water partition coefficient (Wildman–Crippen LogP) is 3.55. The third kappa shape index (κ3) is 4.21. The van der Waals surface area contributed by atoms with Gasteiger partial charge < -0.3 is 9.84 Å². The van der Waals surface area contributed by atoms with Crippen LogP contribution in [-0.2, 0) is 6.54 Å². The second kappa shape index (κ2) is 7.46. The van der Waals surface area contributed by atoms with Crippen LogP contribution in [-0.4, -0.2) is 36.2 Å². The Labute approximate surface area is 126 Å². The normalized spacial score (nSPS) is 16.7. The minimum Gasteiger partial charge on any atom is -0.496 e. The lowest BCUT2D eigenvalue weighted by Crippen LogP contribution is -2.30. The molecule has 0 radical (unpaired) electrons. The first-order chi connectivity index (χ1) is 10.1. The number of benzene rings is 1. The Bertz CT molecular complexity index is 479. The Hall–Kier alpha value is -1.55. The lowest BCUT2D eigenvalue weighted by molar-refractivity contribution is 0.0696. The Balaban J connectivity index is 2.12. The van der Waals surface area contributed by atoms with Gasteiger partial charge in [-0.15, -0.1) is 0 Å². The predicted molar refractivity (Wildman–Crippen MR) is 82.9 cm³/mol. The molecule has 1 aliphatic rings. The van der Waals surface area contributed by atoms with E-state index in [0.717, 1.165) is 17.9 Å². The highest BCUT2D eigenvalue weighted by Gasteiger charge is 2.19. The van der Waals surface area contributed by atoms with E-state index in [1.54, 1.807) is 25.3 Å². The number of hydrogen-bond donors (Lipinski definition) is 1. The van der Waals surface area contributed by atoms with Crippen LogP contribution >= 0.6 is 0 Å². The maximum Gasteiger partial charge on any atom is 0.335 e. The molecular formula is C17H25NO3. The first-order valence-electron chi connectivity index (χ1n) is 7.72. The van der Waals surface area contributed by atoms with Gasteiger partial charge in [-0.2, -0.15) is 0 Å². The van der Waals surface area contributed by atoms with Crippen molar-refractivity contribution in [3.05, 3.63) is 29.3 Å². The van der Waals surface area contributed by atoms with E-state index < -0.39 is 5.97 Å². The van der Waals surface area contributed by atoms with E-state index in [0.29, 0.717) is 11.6 Å². The summed E-state index contributed by atoms with van der Waals surface area (Å²) in [7, 11) is 3.76. The number of carboxylic acid groups (broad SMARTS) is 1. The molecular weight excluding hydrogens is 266 g/mol. The SMILES string of the molecule is COc1ccc(C(=O)O)cc1CN(C)C1CCCCCC1. The van der Waals surface area contributed by atoms with E-state index in [-0.39, 0.29) is 0 Å². The van der Waals surface area contributed by atoms with Crippen LogP contribution < -0.4 is 4.74 Å². The van der Waals surface area contributed by atoms with E-state index in [1.165, 1.54) is 38.5 Å². The molecule has 4 nitrogen and oxygen atoms in total. The van der Waals surface area contributed by atoms with Crippen LogP contribution in [0.2, 0.25) is 0 Å². The Morgan fingerprint density at radius 2 is 1.95 bits per heavy atom. The van der Waals surface area contributed by atoms with Crippen molar-refractivity contribution >= 4 is 5.97 Å². The molecule has 1 aromatic carbocycles. The smallest absolute Gasteiger partial charge is 0.335 e. The van der Waals surface area contributed by atoms with Crippen LogP contribution in [0, 0.1) is 0 Å². The molecule has 0 amide bonds. The molecule has 0 atom stereocenters. The average Bonchev–Trinajstić information content (AvgIpc) is 2.76. The van der Waals surface area contributed by atoms with Gasteiger partial charge in [-0.3, -0.25) is 4.90 Å². The van der Waals surface area contributed by atoms with E-state index in [4.69, 9.17) is 9.84 Å². The highest BCUT2D eigenvalue weighted by molar-refractivity contribution is 5.88. The largest absolute Gasteiger partial charge is 0.496 e. The average molecular weight is 291 g/mol. The lowest BCUT2D eigenvalue weighted by Gasteiger charge is -2.27. The van der Waals surface area contributed by atoms with Crippen LogP contribution in [0.3, 0.4) is 0 Å². The molecule has 1 N–H and O–H groups in total. The van der Waals surface area contributed by atoms with Crippen LogP contribution in [0.4, 0.5) is 0 Å². The number of nitrogens with zero attached hydrogens (tertiary/aromatic N) is 1. The molecule has 4 heteroatoms. The van der Waals surface area contributed by atoms with Crippen molar-refractivity contribution in [3.63, 3.8) is 0 Å². The van der Waals surface area contributed by atoms with E-state index >= 15 is 0 Å². The number of carboxylic acids is 1. The first-order valence-corrected chi connectivity index (χ1v) is 7.72. The van der Waals surface area contributed by atoms with Gasteiger partial charge in [0.25, 0.3) is 0 Å². The van der Waals surface area contributed by atoms with Crippen molar-refractivity contribution < 1.29 is 14.6 Å². The maximum atomic E-state index is 11.1. The zero-order valence-electron chi connectivity index (χ0n) is 13.0. The van der Waals surface area contributed by atoms with Gasteiger partial charge in [-0.05, 0) is 38.1 Å². The summed E-state index contributed by atoms with van der Waals surface area (Å²) < 4.78 is 5.37. The van der Waals surface area contributed by atoms with Crippen molar-refractivity contribution in [2.45, 2.75) is 51.1 Å². The third-order valence-corrected chi connectivity index (χ3v) is 4.40. The molecule has 0 bridgehead atoms. The van der Waals surface area contributed by atoms with Gasteiger partial charge in [-0.25, -0.2) is 4.79 Å². The fourth-order valence-corrected chi connectivity index (χ4v) is 3.13. The second-order valence-electron chi connectivity index (χ2n) is 5.89. The molecule has 0 aromatic heterocycles. The summed E-state index contributed by atoms with van der Waals surface area (Å²) in [5, 5.41) is 9.14. The quantitative estimate of drug-likeness (QED) is 0.843. The number of rotatable bonds is 5. The molecule has 0 saturated heterocycles. The molecule has 1 fully saturated rings. The molecule has 1 aliphatic carbocycles. The molecule has 1 saturated carbocycles. The molecule has 0 heterocycles. The molecule has 1 aromatic rings. The van der Waals surface area contributed by atoms with Crippen LogP contribution in [0.5, 0.6) is 5.75 Å². The topological polar surface area (TPSA) is 49.8 Å². The summed E-state index contributed by atoms with van der Waals surface area (Å²) in [6.45, 7) is 0.731. The van der Waals surface area contributed by atoms with Gasteiger partial charge in [0.05, 0.1) is 12.7 Å². The maximum absolute atomic E-state index is 11.1. The number of aromatic carboxylic acids is 1. The molecule has 21 heavy (non-hydrogen) atoms. The van der Waals surface area contributed by atoms with Crippen molar-refractivity contribution in [3.8, 4) is 5.75 Å². The number of methoxy groups -OCH3 is 1. The van der Waals surface area contributed by atoms with Gasteiger partial charge in [-0.1, -0.05) is 25.7 Å². The van der Waals surface area contributed by atoms with Crippen molar-refractivity contribution in [2.24, 2.45) is 0 Å². The second-order valence-corrected chi connectivity index (χ2v) is 5.89. The van der Waals surface area contributed by atoms with Gasteiger partial charge in [0.1, 0.15) is 5.75 Å². The zero-order chi connectivity index (χ0) is 15.2. The zero-order valence-corrected chi connectivity index (χ0v) is 13.0. The van der Waals surface area contributed by atoms with Crippen LogP contribution in [0.1, 0.15) is 54.4 Å². The van der Waals surface area contributed by atoms with E-state index in [9.17, 15) is 4.79 Å². The Kier molecular flexibility index (Phi) is 5.62.